The van der Waals surface area contributed by atoms with Gasteiger partial charge in [0.15, 0.2) is 5.13 Å². The molecule has 7 heteroatoms. The second-order valence-corrected chi connectivity index (χ2v) is 8.03. The van der Waals surface area contributed by atoms with Crippen molar-refractivity contribution in [2.75, 3.05) is 11.5 Å². The lowest BCUT2D eigenvalue weighted by Crippen LogP contribution is -2.30. The minimum absolute atomic E-state index is 0.118. The van der Waals surface area contributed by atoms with Crippen LogP contribution in [-0.2, 0) is 6.54 Å². The predicted octanol–water partition coefficient (Wildman–Crippen LogP) is 5.42. The normalized spacial score (nSPS) is 11.1. The molecule has 0 saturated heterocycles. The smallest absolute Gasteiger partial charge is 0.262 e. The van der Waals surface area contributed by atoms with Gasteiger partial charge in [-0.1, -0.05) is 35.6 Å². The number of nitrogens with zero attached hydrogens (tertiary/aromatic N) is 3. The van der Waals surface area contributed by atoms with Crippen LogP contribution in [0.25, 0.3) is 21.1 Å². The van der Waals surface area contributed by atoms with Gasteiger partial charge >= 0.3 is 0 Å². The van der Waals surface area contributed by atoms with Crippen LogP contribution in [0.15, 0.2) is 73.1 Å². The number of aromatic amines is 1. The molecule has 0 aliphatic heterocycles. The summed E-state index contributed by atoms with van der Waals surface area (Å²) in [4.78, 5) is 27.7. The largest absolute Gasteiger partial charge is 0.494 e. The summed E-state index contributed by atoms with van der Waals surface area (Å²) >= 11 is 1.47. The van der Waals surface area contributed by atoms with Crippen molar-refractivity contribution >= 4 is 43.5 Å². The molecule has 1 N–H and O–H groups in total. The number of hydrogen-bond acceptors (Lipinski definition) is 5. The van der Waals surface area contributed by atoms with Crippen molar-refractivity contribution in [1.29, 1.82) is 0 Å². The van der Waals surface area contributed by atoms with Crippen molar-refractivity contribution in [1.82, 2.24) is 15.0 Å². The summed E-state index contributed by atoms with van der Waals surface area (Å²) in [6, 6.07) is 19.3. The van der Waals surface area contributed by atoms with E-state index in [0.29, 0.717) is 23.8 Å². The maximum atomic E-state index is 13.7. The van der Waals surface area contributed by atoms with Crippen LogP contribution >= 0.6 is 11.3 Å². The zero-order valence-electron chi connectivity index (χ0n) is 16.9. The maximum absolute atomic E-state index is 13.7. The Hall–Kier alpha value is -3.71. The molecule has 1 amide bonds. The van der Waals surface area contributed by atoms with Gasteiger partial charge in [0, 0.05) is 23.3 Å². The van der Waals surface area contributed by atoms with Gasteiger partial charge in [-0.25, -0.2) is 4.98 Å². The quantitative estimate of drug-likeness (QED) is 0.392. The Kier molecular flexibility index (Phi) is 5.09. The molecule has 0 fully saturated rings. The summed E-state index contributed by atoms with van der Waals surface area (Å²) in [5.41, 5.74) is 3.17. The zero-order chi connectivity index (χ0) is 21.2. The molecule has 2 aromatic carbocycles. The van der Waals surface area contributed by atoms with E-state index in [1.54, 1.807) is 17.3 Å². The topological polar surface area (TPSA) is 71.1 Å². The fraction of sp³-hybridized carbons (Fsp3) is 0.125. The highest BCUT2D eigenvalue weighted by Crippen LogP contribution is 2.33. The summed E-state index contributed by atoms with van der Waals surface area (Å²) in [7, 11) is 0. The molecule has 0 atom stereocenters. The number of carbonyl (C=O) groups is 1. The van der Waals surface area contributed by atoms with Crippen LogP contribution in [-0.4, -0.2) is 27.5 Å². The first-order valence-electron chi connectivity index (χ1n) is 10.0. The van der Waals surface area contributed by atoms with E-state index in [0.717, 1.165) is 32.6 Å². The fourth-order valence-electron chi connectivity index (χ4n) is 3.54. The zero-order valence-corrected chi connectivity index (χ0v) is 17.7. The number of thiazole rings is 1. The molecule has 0 unspecified atom stereocenters. The standard InChI is InChI=1S/C24H20N4O2S/c1-2-30-17-10-11-21-22(13-17)31-24(27-21)28(15-16-7-5-6-12-25-16)23(29)19-14-26-20-9-4-3-8-18(19)20/h3-14,26H,2,15H2,1H3. The van der Waals surface area contributed by atoms with Crippen LogP contribution in [0.5, 0.6) is 5.75 Å². The SMILES string of the molecule is CCOc1ccc2nc(N(Cc3ccccn3)C(=O)c3c[nH]c4ccccc34)sc2c1. The molecule has 3 heterocycles. The molecule has 0 saturated carbocycles. The number of rotatable bonds is 6. The highest BCUT2D eigenvalue weighted by atomic mass is 32.1. The van der Waals surface area contributed by atoms with Crippen molar-refractivity contribution in [2.24, 2.45) is 0 Å². The third kappa shape index (κ3) is 3.75. The maximum Gasteiger partial charge on any atom is 0.262 e. The minimum atomic E-state index is -0.118. The number of pyridine rings is 1. The Bertz CT molecular complexity index is 1360. The molecule has 6 nitrogen and oxygen atoms in total. The van der Waals surface area contributed by atoms with Gasteiger partial charge in [-0.15, -0.1) is 0 Å². The van der Waals surface area contributed by atoms with Crippen molar-refractivity contribution in [3.05, 3.63) is 84.3 Å². The predicted molar refractivity (Wildman–Crippen MR) is 124 cm³/mol. The fourth-order valence-corrected chi connectivity index (χ4v) is 4.53. The summed E-state index contributed by atoms with van der Waals surface area (Å²) in [5, 5.41) is 1.52. The average Bonchev–Trinajstić information content (AvgIpc) is 3.42. The van der Waals surface area contributed by atoms with Crippen LogP contribution < -0.4 is 9.64 Å². The van der Waals surface area contributed by atoms with E-state index in [2.05, 4.69) is 9.97 Å². The second kappa shape index (κ2) is 8.20. The third-order valence-corrected chi connectivity index (χ3v) is 6.04. The molecule has 0 aliphatic rings. The Balaban J connectivity index is 1.58. The number of aromatic nitrogens is 3. The van der Waals surface area contributed by atoms with Crippen LogP contribution in [0.2, 0.25) is 0 Å². The lowest BCUT2D eigenvalue weighted by Gasteiger charge is -2.19. The van der Waals surface area contributed by atoms with E-state index >= 15 is 0 Å². The molecule has 0 radical (unpaired) electrons. The van der Waals surface area contributed by atoms with E-state index < -0.39 is 0 Å². The number of H-pyrrole nitrogens is 1. The Morgan fingerprint density at radius 1 is 1.13 bits per heavy atom. The van der Waals surface area contributed by atoms with E-state index in [1.165, 1.54) is 11.3 Å². The monoisotopic (exact) mass is 428 g/mol. The summed E-state index contributed by atoms with van der Waals surface area (Å²) in [5.74, 6) is 0.677. The molecule has 0 bridgehead atoms. The van der Waals surface area contributed by atoms with E-state index in [4.69, 9.17) is 9.72 Å². The lowest BCUT2D eigenvalue weighted by molar-refractivity contribution is 0.0986. The van der Waals surface area contributed by atoms with Gasteiger partial charge in [0.1, 0.15) is 5.75 Å². The average molecular weight is 429 g/mol. The molecular formula is C24H20N4O2S. The van der Waals surface area contributed by atoms with Crippen molar-refractivity contribution < 1.29 is 9.53 Å². The summed E-state index contributed by atoms with van der Waals surface area (Å²) in [6.07, 6.45) is 3.50. The molecule has 31 heavy (non-hydrogen) atoms. The number of amides is 1. The number of ether oxygens (including phenoxy) is 1. The van der Waals surface area contributed by atoms with Gasteiger partial charge in [-0.2, -0.15) is 0 Å². The molecule has 3 aromatic heterocycles. The first-order chi connectivity index (χ1) is 15.2. The number of para-hydroxylation sites is 1. The number of fused-ring (bicyclic) bond motifs is 2. The number of nitrogens with one attached hydrogen (secondary N) is 1. The van der Waals surface area contributed by atoms with Gasteiger partial charge in [0.2, 0.25) is 0 Å². The van der Waals surface area contributed by atoms with Gasteiger partial charge in [-0.3, -0.25) is 14.7 Å². The highest BCUT2D eigenvalue weighted by molar-refractivity contribution is 7.22. The Morgan fingerprint density at radius 3 is 2.84 bits per heavy atom. The second-order valence-electron chi connectivity index (χ2n) is 7.02. The Labute approximate surface area is 183 Å². The molecule has 5 rings (SSSR count). The molecule has 5 aromatic rings. The highest BCUT2D eigenvalue weighted by Gasteiger charge is 2.24. The van der Waals surface area contributed by atoms with Gasteiger partial charge in [0.05, 0.1) is 34.6 Å². The van der Waals surface area contributed by atoms with Crippen molar-refractivity contribution in [3.8, 4) is 5.75 Å². The summed E-state index contributed by atoms with van der Waals surface area (Å²) < 4.78 is 6.59. The molecular weight excluding hydrogens is 408 g/mol. The number of hydrogen-bond donors (Lipinski definition) is 1. The third-order valence-electron chi connectivity index (χ3n) is 5.00. The van der Waals surface area contributed by atoms with E-state index in [-0.39, 0.29) is 5.91 Å². The van der Waals surface area contributed by atoms with Crippen LogP contribution in [0.3, 0.4) is 0 Å². The first-order valence-corrected chi connectivity index (χ1v) is 10.9. The van der Waals surface area contributed by atoms with E-state index in [1.807, 2.05) is 67.6 Å². The van der Waals surface area contributed by atoms with Crippen LogP contribution in [0, 0.1) is 0 Å². The van der Waals surface area contributed by atoms with Crippen molar-refractivity contribution in [3.63, 3.8) is 0 Å². The van der Waals surface area contributed by atoms with Gasteiger partial charge in [-0.05, 0) is 43.3 Å². The molecule has 0 spiro atoms. The van der Waals surface area contributed by atoms with Crippen LogP contribution in [0.4, 0.5) is 5.13 Å². The van der Waals surface area contributed by atoms with Crippen molar-refractivity contribution in [2.45, 2.75) is 13.5 Å². The first kappa shape index (κ1) is 19.3. The summed E-state index contributed by atoms with van der Waals surface area (Å²) in [6.45, 7) is 2.89. The minimum Gasteiger partial charge on any atom is -0.494 e. The Morgan fingerprint density at radius 2 is 2.00 bits per heavy atom. The van der Waals surface area contributed by atoms with Gasteiger partial charge < -0.3 is 9.72 Å². The number of benzene rings is 2. The lowest BCUT2D eigenvalue weighted by atomic mass is 10.1. The molecule has 154 valence electrons. The van der Waals surface area contributed by atoms with Gasteiger partial charge in [0.25, 0.3) is 5.91 Å². The molecule has 0 aliphatic carbocycles. The van der Waals surface area contributed by atoms with Crippen LogP contribution in [0.1, 0.15) is 23.0 Å². The van der Waals surface area contributed by atoms with E-state index in [9.17, 15) is 4.79 Å². The number of anilines is 1. The number of carbonyl (C=O) groups excluding carboxylic acids is 1.